The van der Waals surface area contributed by atoms with E-state index in [-0.39, 0.29) is 49.7 Å². The Bertz CT molecular complexity index is 1420. The van der Waals surface area contributed by atoms with Crippen molar-refractivity contribution in [2.75, 3.05) is 17.7 Å². The number of halogens is 1. The molecule has 2 heterocycles. The number of carbonyl (C=O) groups is 2. The fourth-order valence-electron chi connectivity index (χ4n) is 2.56. The molecule has 0 saturated carbocycles. The monoisotopic (exact) mass is 536 g/mol. The summed E-state index contributed by atoms with van der Waals surface area (Å²) < 4.78 is 39.3. The number of hydrogen-bond acceptors (Lipinski definition) is 11. The predicted octanol–water partition coefficient (Wildman–Crippen LogP) is 3.74. The largest absolute Gasteiger partial charge is 0.490 e. The average Bonchev–Trinajstić information content (AvgIpc) is 3.52. The number of benzene rings is 1. The molecule has 1 aromatic carbocycles. The first-order valence-electron chi connectivity index (χ1n) is 9.89. The molecular formula is C21H17ClN4O7S2. The van der Waals surface area contributed by atoms with Crippen LogP contribution in [0.2, 0.25) is 5.02 Å². The maximum Gasteiger partial charge on any atom is 0.379 e. The van der Waals surface area contributed by atoms with Gasteiger partial charge in [0.25, 0.3) is 5.91 Å². The van der Waals surface area contributed by atoms with Crippen LogP contribution in [0.4, 0.5) is 5.13 Å². The van der Waals surface area contributed by atoms with Crippen molar-refractivity contribution in [2.45, 2.75) is 18.2 Å². The lowest BCUT2D eigenvalue weighted by Gasteiger charge is -2.13. The molecule has 0 atom stereocenters. The molecule has 1 N–H and O–H groups in total. The highest BCUT2D eigenvalue weighted by atomic mass is 35.5. The third-order valence-electron chi connectivity index (χ3n) is 4.20. The second kappa shape index (κ2) is 11.1. The molecule has 0 radical (unpaired) electrons. The van der Waals surface area contributed by atoms with Crippen molar-refractivity contribution in [3.63, 3.8) is 0 Å². The van der Waals surface area contributed by atoms with Crippen molar-refractivity contribution in [1.29, 1.82) is 5.26 Å². The van der Waals surface area contributed by atoms with Gasteiger partial charge in [-0.25, -0.2) is 13.2 Å². The quantitative estimate of drug-likeness (QED) is 0.140. The Morgan fingerprint density at radius 3 is 2.71 bits per heavy atom. The van der Waals surface area contributed by atoms with Gasteiger partial charge in [-0.2, -0.15) is 5.26 Å². The number of rotatable bonds is 9. The summed E-state index contributed by atoms with van der Waals surface area (Å²) in [7, 11) is -3.59. The van der Waals surface area contributed by atoms with Crippen LogP contribution in [0.5, 0.6) is 11.5 Å². The minimum Gasteiger partial charge on any atom is -0.490 e. The zero-order chi connectivity index (χ0) is 25.6. The molecule has 0 unspecified atom stereocenters. The molecule has 0 bridgehead atoms. The van der Waals surface area contributed by atoms with Crippen molar-refractivity contribution in [3.8, 4) is 17.6 Å². The molecule has 0 aliphatic carbocycles. The number of ether oxygens (including phenoxy) is 2. The van der Waals surface area contributed by atoms with Gasteiger partial charge in [0.15, 0.2) is 11.5 Å². The van der Waals surface area contributed by atoms with Crippen molar-refractivity contribution in [2.24, 2.45) is 0 Å². The van der Waals surface area contributed by atoms with Gasteiger partial charge in [0, 0.05) is 0 Å². The summed E-state index contributed by atoms with van der Waals surface area (Å²) in [4.78, 5) is 24.8. The van der Waals surface area contributed by atoms with Gasteiger partial charge in [-0.3, -0.25) is 10.1 Å². The standard InChI is InChI=1S/C21H17ClN4O7S2/c1-3-31-16-10-12(9-14(22)17(16)33-19(28)15-6-5-7-32-15)8-13(11-23)18(27)24-20-25-26-21(34-20)35(29,30)4-2/h5-10H,3-4H2,1-2H3,(H,24,25,27). The molecule has 0 aliphatic rings. The summed E-state index contributed by atoms with van der Waals surface area (Å²) in [5, 5.41) is 18.9. The Morgan fingerprint density at radius 2 is 2.09 bits per heavy atom. The summed E-state index contributed by atoms with van der Waals surface area (Å²) in [5.74, 6) is -1.81. The lowest BCUT2D eigenvalue weighted by Crippen LogP contribution is -2.13. The van der Waals surface area contributed by atoms with E-state index in [0.717, 1.165) is 0 Å². The summed E-state index contributed by atoms with van der Waals surface area (Å²) in [6.45, 7) is 3.37. The molecule has 0 spiro atoms. The highest BCUT2D eigenvalue weighted by Gasteiger charge is 2.21. The number of nitriles is 1. The maximum atomic E-state index is 12.6. The summed E-state index contributed by atoms with van der Waals surface area (Å²) in [6.07, 6.45) is 2.54. The molecule has 0 aliphatic heterocycles. The Balaban J connectivity index is 1.86. The van der Waals surface area contributed by atoms with Crippen LogP contribution in [0.25, 0.3) is 6.08 Å². The first-order chi connectivity index (χ1) is 16.7. The lowest BCUT2D eigenvalue weighted by molar-refractivity contribution is -0.112. The fourth-order valence-corrected chi connectivity index (χ4v) is 4.80. The number of carbonyl (C=O) groups excluding carboxylic acids is 2. The van der Waals surface area contributed by atoms with Gasteiger partial charge in [-0.05, 0) is 42.8 Å². The van der Waals surface area contributed by atoms with E-state index in [4.69, 9.17) is 25.5 Å². The van der Waals surface area contributed by atoms with Crippen molar-refractivity contribution in [1.82, 2.24) is 10.2 Å². The van der Waals surface area contributed by atoms with E-state index >= 15 is 0 Å². The third kappa shape index (κ3) is 6.24. The molecule has 35 heavy (non-hydrogen) atoms. The molecule has 0 fully saturated rings. The minimum atomic E-state index is -3.59. The van der Waals surface area contributed by atoms with Gasteiger partial charge in [-0.1, -0.05) is 29.9 Å². The second-order valence-electron chi connectivity index (χ2n) is 6.53. The second-order valence-corrected chi connectivity index (χ2v) is 10.4. The number of esters is 1. The molecule has 3 rings (SSSR count). The topological polar surface area (TPSA) is 161 Å². The first-order valence-corrected chi connectivity index (χ1v) is 12.7. The van der Waals surface area contributed by atoms with Crippen molar-refractivity contribution < 1.29 is 31.9 Å². The van der Waals surface area contributed by atoms with Crippen LogP contribution < -0.4 is 14.8 Å². The van der Waals surface area contributed by atoms with Gasteiger partial charge < -0.3 is 13.9 Å². The predicted molar refractivity (Wildman–Crippen MR) is 126 cm³/mol. The molecule has 182 valence electrons. The van der Waals surface area contributed by atoms with E-state index in [1.807, 2.05) is 0 Å². The van der Waals surface area contributed by atoms with Gasteiger partial charge >= 0.3 is 5.97 Å². The molecule has 0 saturated heterocycles. The van der Waals surface area contributed by atoms with E-state index < -0.39 is 21.7 Å². The molecule has 1 amide bonds. The number of furan rings is 1. The Kier molecular flexibility index (Phi) is 8.23. The number of hydrogen-bond donors (Lipinski definition) is 1. The minimum absolute atomic E-state index is 0.0154. The number of nitrogens with zero attached hydrogens (tertiary/aromatic N) is 3. The number of sulfone groups is 1. The highest BCUT2D eigenvalue weighted by Crippen LogP contribution is 2.38. The van der Waals surface area contributed by atoms with Crippen LogP contribution in [0.1, 0.15) is 30.0 Å². The summed E-state index contributed by atoms with van der Waals surface area (Å²) >= 11 is 6.97. The van der Waals surface area contributed by atoms with Crippen LogP contribution in [-0.4, -0.2) is 42.9 Å². The van der Waals surface area contributed by atoms with E-state index in [9.17, 15) is 23.3 Å². The van der Waals surface area contributed by atoms with Crippen LogP contribution in [0.15, 0.2) is 44.9 Å². The smallest absolute Gasteiger partial charge is 0.379 e. The SMILES string of the molecule is CCOc1cc(C=C(C#N)C(=O)Nc2nnc(S(=O)(=O)CC)s2)cc(Cl)c1OC(=O)c1ccco1. The maximum absolute atomic E-state index is 12.6. The van der Waals surface area contributed by atoms with Gasteiger partial charge in [0.1, 0.15) is 11.6 Å². The molecule has 14 heteroatoms. The lowest BCUT2D eigenvalue weighted by atomic mass is 10.1. The van der Waals surface area contributed by atoms with E-state index in [2.05, 4.69) is 15.5 Å². The van der Waals surface area contributed by atoms with Gasteiger partial charge in [0.2, 0.25) is 25.1 Å². The molecule has 3 aromatic rings. The van der Waals surface area contributed by atoms with Crippen molar-refractivity contribution >= 4 is 55.9 Å². The number of anilines is 1. The van der Waals surface area contributed by atoms with E-state index in [0.29, 0.717) is 16.9 Å². The Morgan fingerprint density at radius 1 is 1.31 bits per heavy atom. The normalized spacial score (nSPS) is 11.5. The zero-order valence-electron chi connectivity index (χ0n) is 18.3. The van der Waals surface area contributed by atoms with Gasteiger partial charge in [0.05, 0.1) is 23.6 Å². The van der Waals surface area contributed by atoms with E-state index in [1.165, 1.54) is 43.5 Å². The third-order valence-corrected chi connectivity index (χ3v) is 7.50. The molecular weight excluding hydrogens is 520 g/mol. The Hall–Kier alpha value is -3.73. The van der Waals surface area contributed by atoms with Crippen LogP contribution in [0.3, 0.4) is 0 Å². The number of nitrogens with one attached hydrogen (secondary N) is 1. The Labute approximate surface area is 208 Å². The highest BCUT2D eigenvalue weighted by molar-refractivity contribution is 7.93. The van der Waals surface area contributed by atoms with Crippen molar-refractivity contribution in [3.05, 3.63) is 52.4 Å². The van der Waals surface area contributed by atoms with Crippen LogP contribution in [-0.2, 0) is 14.6 Å². The summed E-state index contributed by atoms with van der Waals surface area (Å²) in [6, 6.07) is 7.51. The summed E-state index contributed by atoms with van der Waals surface area (Å²) in [5.41, 5.74) is -0.0339. The average molecular weight is 537 g/mol. The van der Waals surface area contributed by atoms with Crippen LogP contribution in [0, 0.1) is 11.3 Å². The molecule has 11 nitrogen and oxygen atoms in total. The zero-order valence-corrected chi connectivity index (χ0v) is 20.7. The van der Waals surface area contributed by atoms with E-state index in [1.54, 1.807) is 13.0 Å². The number of aromatic nitrogens is 2. The first kappa shape index (κ1) is 25.9. The number of amides is 1. The molecule has 2 aromatic heterocycles. The fraction of sp³-hybridized carbons (Fsp3) is 0.190. The van der Waals surface area contributed by atoms with Crippen LogP contribution >= 0.6 is 22.9 Å². The van der Waals surface area contributed by atoms with Gasteiger partial charge in [-0.15, -0.1) is 10.2 Å².